The van der Waals surface area contributed by atoms with Crippen molar-refractivity contribution in [2.75, 3.05) is 13.2 Å². The Morgan fingerprint density at radius 3 is 2.91 bits per heavy atom. The third-order valence-electron chi connectivity index (χ3n) is 2.43. The van der Waals surface area contributed by atoms with E-state index in [0.29, 0.717) is 18.6 Å². The van der Waals surface area contributed by atoms with Crippen LogP contribution in [0.15, 0.2) is 11.6 Å². The Balaban J connectivity index is 2.09. The van der Waals surface area contributed by atoms with E-state index in [2.05, 4.69) is 0 Å². The minimum absolute atomic E-state index is 0.105. The van der Waals surface area contributed by atoms with Crippen LogP contribution in [-0.4, -0.2) is 24.3 Å². The first-order chi connectivity index (χ1) is 5.22. The average molecular weight is 154 g/mol. The monoisotopic (exact) mass is 154 g/mol. The van der Waals surface area contributed by atoms with Crippen LogP contribution in [0, 0.1) is 5.41 Å². The highest BCUT2D eigenvalue weighted by Crippen LogP contribution is 2.45. The molecule has 11 heavy (non-hydrogen) atoms. The van der Waals surface area contributed by atoms with Gasteiger partial charge >= 0.3 is 5.97 Å². The number of carbonyl (C=O) groups is 1. The average Bonchev–Trinajstić information content (AvgIpc) is 2.29. The van der Waals surface area contributed by atoms with Crippen LogP contribution in [0.2, 0.25) is 0 Å². The molecule has 0 aromatic heterocycles. The van der Waals surface area contributed by atoms with E-state index in [0.717, 1.165) is 13.0 Å². The minimum atomic E-state index is -0.775. The number of carboxylic acid groups (broad SMARTS) is 1. The zero-order valence-electron chi connectivity index (χ0n) is 6.17. The molecule has 1 N–H and O–H groups in total. The molecule has 1 aliphatic heterocycles. The van der Waals surface area contributed by atoms with Gasteiger partial charge < -0.3 is 9.84 Å². The molecule has 3 nitrogen and oxygen atoms in total. The number of rotatable bonds is 1. The molecule has 0 amide bonds. The fraction of sp³-hybridized carbons (Fsp3) is 0.625. The molecule has 1 spiro atoms. The van der Waals surface area contributed by atoms with Crippen LogP contribution in [0.5, 0.6) is 0 Å². The molecule has 2 rings (SSSR count). The summed E-state index contributed by atoms with van der Waals surface area (Å²) in [4.78, 5) is 10.4. The molecule has 1 unspecified atom stereocenters. The third kappa shape index (κ3) is 0.959. The Morgan fingerprint density at radius 2 is 2.45 bits per heavy atom. The van der Waals surface area contributed by atoms with Gasteiger partial charge in [0.2, 0.25) is 0 Å². The topological polar surface area (TPSA) is 46.5 Å². The second kappa shape index (κ2) is 2.08. The molecule has 1 heterocycles. The van der Waals surface area contributed by atoms with E-state index >= 15 is 0 Å². The Labute approximate surface area is 64.7 Å². The molecule has 1 saturated heterocycles. The minimum Gasteiger partial charge on any atom is -0.478 e. The van der Waals surface area contributed by atoms with Gasteiger partial charge in [-0.3, -0.25) is 0 Å². The first-order valence-electron chi connectivity index (χ1n) is 3.75. The summed E-state index contributed by atoms with van der Waals surface area (Å²) in [5.74, 6) is -0.775. The summed E-state index contributed by atoms with van der Waals surface area (Å²) >= 11 is 0. The summed E-state index contributed by atoms with van der Waals surface area (Å²) in [6.07, 6.45) is 3.54. The van der Waals surface area contributed by atoms with E-state index in [1.54, 1.807) is 0 Å². The molecule has 0 aromatic carbocycles. The quantitative estimate of drug-likeness (QED) is 0.607. The van der Waals surface area contributed by atoms with Crippen LogP contribution in [0.1, 0.15) is 12.8 Å². The summed E-state index contributed by atoms with van der Waals surface area (Å²) in [7, 11) is 0. The molecule has 0 saturated carbocycles. The van der Waals surface area contributed by atoms with Crippen molar-refractivity contribution >= 4 is 5.97 Å². The SMILES string of the molecule is O=C(O)C1=CC2(CCOC2)C1. The third-order valence-corrected chi connectivity index (χ3v) is 2.43. The van der Waals surface area contributed by atoms with E-state index in [1.807, 2.05) is 6.08 Å². The second-order valence-corrected chi connectivity index (χ2v) is 3.32. The Hall–Kier alpha value is -0.830. The maximum absolute atomic E-state index is 10.4. The van der Waals surface area contributed by atoms with E-state index in [-0.39, 0.29) is 5.41 Å². The van der Waals surface area contributed by atoms with E-state index in [9.17, 15) is 4.79 Å². The van der Waals surface area contributed by atoms with Crippen molar-refractivity contribution in [1.29, 1.82) is 0 Å². The highest BCUT2D eigenvalue weighted by Gasteiger charge is 2.42. The van der Waals surface area contributed by atoms with Crippen molar-refractivity contribution < 1.29 is 14.6 Å². The molecule has 0 aromatic rings. The Kier molecular flexibility index (Phi) is 1.29. The predicted octanol–water partition coefficient (Wildman–Crippen LogP) is 0.808. The van der Waals surface area contributed by atoms with E-state index in [4.69, 9.17) is 9.84 Å². The van der Waals surface area contributed by atoms with Gasteiger partial charge in [-0.15, -0.1) is 0 Å². The lowest BCUT2D eigenvalue weighted by Gasteiger charge is -2.32. The molecule has 1 aliphatic carbocycles. The molecular formula is C8H10O3. The van der Waals surface area contributed by atoms with E-state index in [1.165, 1.54) is 0 Å². The van der Waals surface area contributed by atoms with Gasteiger partial charge in [-0.1, -0.05) is 6.08 Å². The van der Waals surface area contributed by atoms with Gasteiger partial charge in [0.1, 0.15) is 0 Å². The number of hydrogen-bond acceptors (Lipinski definition) is 2. The zero-order chi connectivity index (χ0) is 7.90. The van der Waals surface area contributed by atoms with Crippen molar-refractivity contribution in [2.45, 2.75) is 12.8 Å². The molecule has 1 fully saturated rings. The molecule has 1 atom stereocenters. The van der Waals surface area contributed by atoms with Gasteiger partial charge in [0, 0.05) is 17.6 Å². The normalized spacial score (nSPS) is 35.1. The van der Waals surface area contributed by atoms with Gasteiger partial charge in [-0.2, -0.15) is 0 Å². The maximum atomic E-state index is 10.4. The number of aliphatic carboxylic acids is 1. The predicted molar refractivity (Wildman–Crippen MR) is 38.2 cm³/mol. The summed E-state index contributed by atoms with van der Waals surface area (Å²) in [6, 6.07) is 0. The Morgan fingerprint density at radius 1 is 1.73 bits per heavy atom. The summed E-state index contributed by atoms with van der Waals surface area (Å²) < 4.78 is 5.19. The second-order valence-electron chi connectivity index (χ2n) is 3.32. The van der Waals surface area contributed by atoms with Crippen molar-refractivity contribution in [1.82, 2.24) is 0 Å². The molecule has 60 valence electrons. The summed E-state index contributed by atoms with van der Waals surface area (Å²) in [5, 5.41) is 8.57. The van der Waals surface area contributed by atoms with Crippen molar-refractivity contribution in [3.63, 3.8) is 0 Å². The highest BCUT2D eigenvalue weighted by atomic mass is 16.5. The van der Waals surface area contributed by atoms with Crippen molar-refractivity contribution in [2.24, 2.45) is 5.41 Å². The maximum Gasteiger partial charge on any atom is 0.331 e. The van der Waals surface area contributed by atoms with Crippen molar-refractivity contribution in [3.8, 4) is 0 Å². The molecule has 2 aliphatic rings. The molecule has 0 bridgehead atoms. The van der Waals surface area contributed by atoms with Gasteiger partial charge in [0.05, 0.1) is 6.61 Å². The van der Waals surface area contributed by atoms with Gasteiger partial charge in [-0.05, 0) is 12.8 Å². The highest BCUT2D eigenvalue weighted by molar-refractivity contribution is 5.88. The largest absolute Gasteiger partial charge is 0.478 e. The van der Waals surface area contributed by atoms with Crippen molar-refractivity contribution in [3.05, 3.63) is 11.6 Å². The summed E-state index contributed by atoms with van der Waals surface area (Å²) in [5.41, 5.74) is 0.656. The Bertz CT molecular complexity index is 223. The number of ether oxygens (including phenoxy) is 1. The van der Waals surface area contributed by atoms with Gasteiger partial charge in [0.25, 0.3) is 0 Å². The van der Waals surface area contributed by atoms with Crippen LogP contribution >= 0.6 is 0 Å². The fourth-order valence-electron chi connectivity index (χ4n) is 1.73. The van der Waals surface area contributed by atoms with Crippen LogP contribution in [-0.2, 0) is 9.53 Å². The van der Waals surface area contributed by atoms with Gasteiger partial charge in [-0.25, -0.2) is 4.79 Å². The first kappa shape index (κ1) is 6.85. The standard InChI is InChI=1S/C8H10O3/c9-7(10)6-3-8(4-6)1-2-11-5-8/h3H,1-2,4-5H2,(H,9,10). The van der Waals surface area contributed by atoms with Crippen LogP contribution in [0.4, 0.5) is 0 Å². The lowest BCUT2D eigenvalue weighted by atomic mass is 9.71. The number of hydrogen-bond donors (Lipinski definition) is 1. The first-order valence-corrected chi connectivity index (χ1v) is 3.75. The lowest BCUT2D eigenvalue weighted by molar-refractivity contribution is -0.133. The lowest BCUT2D eigenvalue weighted by Crippen LogP contribution is -2.30. The van der Waals surface area contributed by atoms with Crippen LogP contribution in [0.25, 0.3) is 0 Å². The smallest absolute Gasteiger partial charge is 0.331 e. The van der Waals surface area contributed by atoms with Gasteiger partial charge in [0.15, 0.2) is 0 Å². The van der Waals surface area contributed by atoms with Crippen LogP contribution in [0.3, 0.4) is 0 Å². The van der Waals surface area contributed by atoms with E-state index < -0.39 is 5.97 Å². The molecule has 3 heteroatoms. The molecular weight excluding hydrogens is 144 g/mol. The molecule has 0 radical (unpaired) electrons. The zero-order valence-corrected chi connectivity index (χ0v) is 6.17. The summed E-state index contributed by atoms with van der Waals surface area (Å²) in [6.45, 7) is 1.49. The van der Waals surface area contributed by atoms with Crippen LogP contribution < -0.4 is 0 Å². The number of carboxylic acids is 1. The fourth-order valence-corrected chi connectivity index (χ4v) is 1.73.